The summed E-state index contributed by atoms with van der Waals surface area (Å²) in [7, 11) is 0. The lowest BCUT2D eigenvalue weighted by molar-refractivity contribution is -0.143. The molecule has 4 nitrogen and oxygen atoms in total. The van der Waals surface area contributed by atoms with E-state index < -0.39 is 11.9 Å². The lowest BCUT2D eigenvalue weighted by Crippen LogP contribution is -2.00. The molecule has 0 atom stereocenters. The van der Waals surface area contributed by atoms with Gasteiger partial charge in [-0.1, -0.05) is 12.2 Å². The Hall–Kier alpha value is -1.32. The van der Waals surface area contributed by atoms with E-state index in [1.807, 2.05) is 26.0 Å². The van der Waals surface area contributed by atoms with Crippen molar-refractivity contribution in [2.75, 3.05) is 0 Å². The quantitative estimate of drug-likeness (QED) is 0.636. The van der Waals surface area contributed by atoms with E-state index >= 15 is 0 Å². The van der Waals surface area contributed by atoms with Crippen molar-refractivity contribution in [2.24, 2.45) is 0 Å². The number of aliphatic carboxylic acids is 2. The monoisotopic (exact) mass is 174 g/mol. The lowest BCUT2D eigenvalue weighted by Gasteiger charge is -1.85. The van der Waals surface area contributed by atoms with Crippen molar-refractivity contribution in [1.29, 1.82) is 0 Å². The van der Waals surface area contributed by atoms with E-state index in [-0.39, 0.29) is 12.8 Å². The molecule has 0 saturated heterocycles. The Balaban J connectivity index is 0. The van der Waals surface area contributed by atoms with Gasteiger partial charge in [0.2, 0.25) is 0 Å². The molecular formula is C8H14O4. The molecule has 0 amide bonds. The predicted octanol–water partition coefficient (Wildman–Crippen LogP) is 1.52. The predicted molar refractivity (Wildman–Crippen MR) is 45.0 cm³/mol. The first-order chi connectivity index (χ1) is 5.54. The lowest BCUT2D eigenvalue weighted by atomic mass is 10.3. The van der Waals surface area contributed by atoms with Crippen molar-refractivity contribution in [1.82, 2.24) is 0 Å². The Bertz CT molecular complexity index is 142. The van der Waals surface area contributed by atoms with Crippen LogP contribution in [0.1, 0.15) is 26.7 Å². The van der Waals surface area contributed by atoms with E-state index in [0.29, 0.717) is 0 Å². The number of carboxylic acid groups (broad SMARTS) is 2. The van der Waals surface area contributed by atoms with Crippen LogP contribution in [0.15, 0.2) is 12.2 Å². The second kappa shape index (κ2) is 9.68. The number of carbonyl (C=O) groups is 2. The van der Waals surface area contributed by atoms with Crippen molar-refractivity contribution < 1.29 is 19.8 Å². The van der Waals surface area contributed by atoms with E-state index in [1.54, 1.807) is 0 Å². The molecule has 12 heavy (non-hydrogen) atoms. The van der Waals surface area contributed by atoms with Gasteiger partial charge in [0.05, 0.1) is 12.8 Å². The van der Waals surface area contributed by atoms with Crippen molar-refractivity contribution in [3.63, 3.8) is 0 Å². The minimum atomic E-state index is -1.08. The highest BCUT2D eigenvalue weighted by atomic mass is 16.4. The third-order valence-corrected chi connectivity index (χ3v) is 0.886. The van der Waals surface area contributed by atoms with Gasteiger partial charge in [-0.2, -0.15) is 0 Å². The molecule has 0 aromatic rings. The minimum Gasteiger partial charge on any atom is -0.481 e. The van der Waals surface area contributed by atoms with Crippen LogP contribution in [0.5, 0.6) is 0 Å². The Labute approximate surface area is 71.5 Å². The van der Waals surface area contributed by atoms with Gasteiger partial charge in [-0.15, -0.1) is 0 Å². The van der Waals surface area contributed by atoms with Crippen LogP contribution in [-0.4, -0.2) is 22.2 Å². The van der Waals surface area contributed by atoms with Crippen LogP contribution < -0.4 is 0 Å². The molecule has 0 rings (SSSR count). The van der Waals surface area contributed by atoms with Gasteiger partial charge in [-0.3, -0.25) is 9.59 Å². The van der Waals surface area contributed by atoms with Crippen LogP contribution in [0.4, 0.5) is 0 Å². The molecule has 4 heteroatoms. The zero-order valence-electron chi connectivity index (χ0n) is 7.28. The van der Waals surface area contributed by atoms with Gasteiger partial charge in [-0.05, 0) is 13.8 Å². The highest BCUT2D eigenvalue weighted by molar-refractivity contribution is 5.75. The molecule has 2 N–H and O–H groups in total. The molecule has 0 aliphatic rings. The molecule has 0 aromatic carbocycles. The standard InChI is InChI=1S/C4H6O4.C4H8/c5-3(6)1-2-4(7)8;1-3-4-2/h1-2H2,(H,5,6)(H,7,8);3-4H,1-2H3. The van der Waals surface area contributed by atoms with E-state index in [9.17, 15) is 9.59 Å². The zero-order chi connectivity index (χ0) is 9.98. The number of rotatable bonds is 3. The summed E-state index contributed by atoms with van der Waals surface area (Å²) in [6.45, 7) is 4.00. The van der Waals surface area contributed by atoms with Gasteiger partial charge >= 0.3 is 11.9 Å². The zero-order valence-corrected chi connectivity index (χ0v) is 7.28. The number of hydrogen-bond donors (Lipinski definition) is 2. The summed E-state index contributed by atoms with van der Waals surface area (Å²) in [5.41, 5.74) is 0. The molecule has 70 valence electrons. The van der Waals surface area contributed by atoms with Crippen LogP contribution in [-0.2, 0) is 9.59 Å². The Kier molecular flexibility index (Phi) is 10.7. The van der Waals surface area contributed by atoms with Crippen molar-refractivity contribution in [2.45, 2.75) is 26.7 Å². The van der Waals surface area contributed by atoms with E-state index in [0.717, 1.165) is 0 Å². The molecular weight excluding hydrogens is 160 g/mol. The summed E-state index contributed by atoms with van der Waals surface area (Å²) in [6.07, 6.45) is 3.41. The van der Waals surface area contributed by atoms with Gasteiger partial charge in [0.1, 0.15) is 0 Å². The molecule has 0 saturated carbocycles. The summed E-state index contributed by atoms with van der Waals surface area (Å²) < 4.78 is 0. The van der Waals surface area contributed by atoms with Crippen LogP contribution in [0.2, 0.25) is 0 Å². The summed E-state index contributed by atoms with van der Waals surface area (Å²) >= 11 is 0. The van der Waals surface area contributed by atoms with Crippen molar-refractivity contribution >= 4 is 11.9 Å². The highest BCUT2D eigenvalue weighted by Crippen LogP contribution is 1.86. The van der Waals surface area contributed by atoms with Crippen molar-refractivity contribution in [3.05, 3.63) is 12.2 Å². The number of hydrogen-bond acceptors (Lipinski definition) is 2. The largest absolute Gasteiger partial charge is 0.481 e. The maximum atomic E-state index is 9.64. The van der Waals surface area contributed by atoms with Gasteiger partial charge in [0.15, 0.2) is 0 Å². The summed E-state index contributed by atoms with van der Waals surface area (Å²) in [6, 6.07) is 0. The summed E-state index contributed by atoms with van der Waals surface area (Å²) in [4.78, 5) is 19.3. The first-order valence-corrected chi connectivity index (χ1v) is 3.55. The topological polar surface area (TPSA) is 74.6 Å². The van der Waals surface area contributed by atoms with Gasteiger partial charge in [0, 0.05) is 0 Å². The fourth-order valence-electron chi connectivity index (χ4n) is 0.214. The van der Waals surface area contributed by atoms with Crippen molar-refractivity contribution in [3.8, 4) is 0 Å². The van der Waals surface area contributed by atoms with Gasteiger partial charge in [0.25, 0.3) is 0 Å². The second-order valence-electron chi connectivity index (χ2n) is 1.95. The fourth-order valence-corrected chi connectivity index (χ4v) is 0.214. The van der Waals surface area contributed by atoms with Gasteiger partial charge < -0.3 is 10.2 Å². The Morgan fingerprint density at radius 3 is 1.33 bits per heavy atom. The molecule has 0 radical (unpaired) electrons. The average Bonchev–Trinajstić information content (AvgIpc) is 2.01. The molecule has 0 aromatic heterocycles. The first-order valence-electron chi connectivity index (χ1n) is 3.55. The molecule has 0 aliphatic carbocycles. The second-order valence-corrected chi connectivity index (χ2v) is 1.95. The molecule has 0 bridgehead atoms. The third kappa shape index (κ3) is 23.4. The maximum Gasteiger partial charge on any atom is 0.303 e. The van der Waals surface area contributed by atoms with E-state index in [1.165, 1.54) is 0 Å². The normalized spacial score (nSPS) is 8.83. The summed E-state index contributed by atoms with van der Waals surface area (Å²) in [5.74, 6) is -2.15. The number of carboxylic acids is 2. The first kappa shape index (κ1) is 13.3. The van der Waals surface area contributed by atoms with E-state index in [4.69, 9.17) is 10.2 Å². The number of allylic oxidation sites excluding steroid dienone is 2. The van der Waals surface area contributed by atoms with Crippen LogP contribution in [0.3, 0.4) is 0 Å². The highest BCUT2D eigenvalue weighted by Gasteiger charge is 2.00. The minimum absolute atomic E-state index is 0.296. The van der Waals surface area contributed by atoms with E-state index in [2.05, 4.69) is 0 Å². The van der Waals surface area contributed by atoms with Gasteiger partial charge in [-0.25, -0.2) is 0 Å². The average molecular weight is 174 g/mol. The fraction of sp³-hybridized carbons (Fsp3) is 0.500. The molecule has 0 fully saturated rings. The molecule has 0 spiro atoms. The SMILES string of the molecule is CC=CC.O=C(O)CCC(=O)O. The van der Waals surface area contributed by atoms with Crippen LogP contribution in [0, 0.1) is 0 Å². The Morgan fingerprint density at radius 1 is 1.00 bits per heavy atom. The molecule has 0 heterocycles. The van der Waals surface area contributed by atoms with Crippen LogP contribution >= 0.6 is 0 Å². The third-order valence-electron chi connectivity index (χ3n) is 0.886. The van der Waals surface area contributed by atoms with Crippen LogP contribution in [0.25, 0.3) is 0 Å². The molecule has 0 unspecified atom stereocenters. The smallest absolute Gasteiger partial charge is 0.303 e. The maximum absolute atomic E-state index is 9.64. The summed E-state index contributed by atoms with van der Waals surface area (Å²) in [5, 5.41) is 15.8. The Morgan fingerprint density at radius 2 is 1.25 bits per heavy atom. The molecule has 0 aliphatic heterocycles.